The highest BCUT2D eigenvalue weighted by molar-refractivity contribution is 8.00. The van der Waals surface area contributed by atoms with Crippen molar-refractivity contribution in [2.45, 2.75) is 116 Å². The number of fused-ring (bicyclic) bond motifs is 2. The lowest BCUT2D eigenvalue weighted by molar-refractivity contribution is -0.126. The summed E-state index contributed by atoms with van der Waals surface area (Å²) in [5.41, 5.74) is 20.0. The van der Waals surface area contributed by atoms with Crippen LogP contribution in [0, 0.1) is 0 Å². The van der Waals surface area contributed by atoms with Crippen molar-refractivity contribution in [1.29, 1.82) is 0 Å². The molecule has 3 atom stereocenters. The molecule has 8 N–H and O–H groups in total. The number of hydrogen-bond acceptors (Lipinski definition) is 11. The van der Waals surface area contributed by atoms with E-state index in [-0.39, 0.29) is 34.8 Å². The zero-order valence-corrected chi connectivity index (χ0v) is 41.4. The second kappa shape index (κ2) is 21.6. The van der Waals surface area contributed by atoms with E-state index in [1.807, 2.05) is 40.5 Å². The van der Waals surface area contributed by atoms with Crippen molar-refractivity contribution in [3.63, 3.8) is 0 Å². The van der Waals surface area contributed by atoms with Crippen LogP contribution in [-0.2, 0) is 28.1 Å². The number of thioether (sulfide) groups is 2. The van der Waals surface area contributed by atoms with Crippen molar-refractivity contribution in [1.82, 2.24) is 20.4 Å². The number of nitrogens with zero attached hydrogens (tertiary/aromatic N) is 2. The molecule has 0 bridgehead atoms. The maximum atomic E-state index is 13.5. The Balaban J connectivity index is 0.000000185. The predicted octanol–water partition coefficient (Wildman–Crippen LogP) is 8.20. The monoisotopic (exact) mass is 978 g/mol. The molecule has 1 aromatic heterocycles. The van der Waals surface area contributed by atoms with Crippen LogP contribution in [0.3, 0.4) is 0 Å². The molecule has 3 heterocycles. The number of carbonyl (C=O) groups excluding carboxylic acids is 6. The van der Waals surface area contributed by atoms with E-state index in [0.29, 0.717) is 98.6 Å². The molecule has 6 amide bonds. The second-order valence-corrected chi connectivity index (χ2v) is 21.6. The fourth-order valence-electron chi connectivity index (χ4n) is 10.2. The third-order valence-corrected chi connectivity index (χ3v) is 17.3. The predicted molar refractivity (Wildman–Crippen MR) is 271 cm³/mol. The Bertz CT molecular complexity index is 2570. The Hall–Kier alpha value is -5.20. The molecule has 1 spiro atoms. The number of nitrogens with one attached hydrogen (secondary N) is 4. The highest BCUT2D eigenvalue weighted by Crippen LogP contribution is 2.52. The molecule has 9 rings (SSSR count). The van der Waals surface area contributed by atoms with Gasteiger partial charge in [0.1, 0.15) is 0 Å². The molecule has 3 aromatic carbocycles. The first-order valence-corrected chi connectivity index (χ1v) is 26.8. The van der Waals surface area contributed by atoms with Crippen molar-refractivity contribution < 1.29 is 28.8 Å². The third-order valence-electron chi connectivity index (χ3n) is 14.3. The summed E-state index contributed by atoms with van der Waals surface area (Å²) < 4.78 is 0.872. The summed E-state index contributed by atoms with van der Waals surface area (Å²) >= 11 is 4.41. The van der Waals surface area contributed by atoms with Crippen LogP contribution in [0.4, 0.5) is 21.0 Å². The fourth-order valence-corrected chi connectivity index (χ4v) is 12.4. The maximum Gasteiger partial charge on any atom is 0.319 e. The first-order valence-electron chi connectivity index (χ1n) is 23.6. The minimum atomic E-state index is -0.421. The van der Waals surface area contributed by atoms with E-state index >= 15 is 0 Å². The molecule has 17 heteroatoms. The minimum Gasteiger partial charge on any atom is -0.339 e. The highest BCUT2D eigenvalue weighted by Gasteiger charge is 2.45. The summed E-state index contributed by atoms with van der Waals surface area (Å²) in [5, 5.41) is 11.0. The number of rotatable bonds is 11. The summed E-state index contributed by atoms with van der Waals surface area (Å²) in [6.07, 6.45) is 11.1. The van der Waals surface area contributed by atoms with Gasteiger partial charge in [0.05, 0.1) is 26.9 Å². The minimum absolute atomic E-state index is 0.00193. The molecule has 0 radical (unpaired) electrons. The van der Waals surface area contributed by atoms with Crippen molar-refractivity contribution in [2.24, 2.45) is 11.5 Å². The molecular weight excluding hydrogens is 917 g/mol. The van der Waals surface area contributed by atoms with Gasteiger partial charge < -0.3 is 42.5 Å². The number of carbonyl (C=O) groups is 6. The molecule has 68 heavy (non-hydrogen) atoms. The Kier molecular flexibility index (Phi) is 15.7. The first kappa shape index (κ1) is 49.2. The van der Waals surface area contributed by atoms with Gasteiger partial charge in [-0.2, -0.15) is 0 Å². The molecule has 4 aromatic rings. The number of urea groups is 2. The average Bonchev–Trinajstić information content (AvgIpc) is 3.89. The van der Waals surface area contributed by atoms with E-state index < -0.39 is 18.1 Å². The van der Waals surface area contributed by atoms with E-state index in [9.17, 15) is 28.8 Å². The van der Waals surface area contributed by atoms with Crippen LogP contribution in [0.25, 0.3) is 0 Å². The van der Waals surface area contributed by atoms with Gasteiger partial charge in [-0.15, -0.1) is 34.9 Å². The van der Waals surface area contributed by atoms with E-state index in [1.165, 1.54) is 57.1 Å². The van der Waals surface area contributed by atoms with Crippen LogP contribution in [0.5, 0.6) is 0 Å². The average molecular weight is 979 g/mol. The number of hydrogen-bond donors (Lipinski definition) is 6. The number of piperidine rings is 2. The molecule has 2 saturated heterocycles. The Morgan fingerprint density at radius 1 is 0.735 bits per heavy atom. The third kappa shape index (κ3) is 11.0. The summed E-state index contributed by atoms with van der Waals surface area (Å²) in [4.78, 5) is 79.6. The molecule has 360 valence electrons. The lowest BCUT2D eigenvalue weighted by Crippen LogP contribution is -2.48. The number of likely N-dealkylation sites (tertiary alicyclic amines) is 2. The number of anilines is 2. The molecule has 2 saturated carbocycles. The number of thiophene rings is 1. The molecule has 3 aliphatic carbocycles. The molecule has 3 unspecified atom stereocenters. The standard InChI is InChI=1S/C28H34N4O3S.C23H28N4O3S2/c1-17-15-28(23-11-18(16-29)3-4-22(17)23)7-9-32(10-8-28)26(34)19-12-20(14-21(13-19)36-2)30-27(35)31-24-5-6-25(24)33;1-31-22-18(26-23(30)25-17-5-6-19(17)28)12-20(32-22)21(29)27-9-7-15(8-10-27)16-4-2-3-14(11-16)13-24/h3-4,11-14,17,24H,5-10,15-16,29H2,1-2H3,(H2,30,31,35);2-4,11-12,15,17H,5-10,13,24H2,1H3,(H2,25,26,30). The van der Waals surface area contributed by atoms with E-state index in [1.54, 1.807) is 12.1 Å². The van der Waals surface area contributed by atoms with Gasteiger partial charge in [-0.1, -0.05) is 49.4 Å². The van der Waals surface area contributed by atoms with Crippen molar-refractivity contribution in [3.8, 4) is 0 Å². The quantitative estimate of drug-likeness (QED) is 0.0794. The molecule has 2 aliphatic heterocycles. The zero-order chi connectivity index (χ0) is 48.1. The Labute approximate surface area is 410 Å². The summed E-state index contributed by atoms with van der Waals surface area (Å²) in [6.45, 7) is 6.19. The van der Waals surface area contributed by atoms with Crippen molar-refractivity contribution in [3.05, 3.63) is 105 Å². The van der Waals surface area contributed by atoms with Gasteiger partial charge >= 0.3 is 12.1 Å². The van der Waals surface area contributed by atoms with Crippen LogP contribution in [-0.4, -0.2) is 96.0 Å². The van der Waals surface area contributed by atoms with Crippen LogP contribution in [0.1, 0.15) is 124 Å². The van der Waals surface area contributed by atoms with Crippen molar-refractivity contribution >= 4 is 81.7 Å². The molecule has 5 aliphatic rings. The van der Waals surface area contributed by atoms with Crippen LogP contribution in [0.2, 0.25) is 0 Å². The number of amides is 6. The van der Waals surface area contributed by atoms with Gasteiger partial charge in [-0.05, 0) is 127 Å². The smallest absolute Gasteiger partial charge is 0.319 e. The molecular formula is C51H62N8O6S3. The van der Waals surface area contributed by atoms with E-state index in [2.05, 4.69) is 64.6 Å². The van der Waals surface area contributed by atoms with Gasteiger partial charge in [0, 0.05) is 68.3 Å². The SMILES string of the molecule is CSc1cc(NC(=O)NC2CCC2=O)cc(C(=O)N2CCC3(CC2)CC(C)c2ccc(CN)cc23)c1.CSc1sc(C(=O)N2CCC(c3cccc(CN)c3)CC2)cc1NC(=O)NC1CCC1=O. The lowest BCUT2D eigenvalue weighted by Gasteiger charge is -2.40. The first-order chi connectivity index (χ1) is 32.8. The van der Waals surface area contributed by atoms with Crippen molar-refractivity contribution in [2.75, 3.05) is 49.3 Å². The van der Waals surface area contributed by atoms with Crippen LogP contribution >= 0.6 is 34.9 Å². The highest BCUT2D eigenvalue weighted by atomic mass is 32.2. The maximum absolute atomic E-state index is 13.5. The van der Waals surface area contributed by atoms with Gasteiger partial charge in [-0.25, -0.2) is 9.59 Å². The fraction of sp³-hybridized carbons (Fsp3) is 0.451. The van der Waals surface area contributed by atoms with Crippen LogP contribution in [0.15, 0.2) is 75.8 Å². The van der Waals surface area contributed by atoms with E-state index in [4.69, 9.17) is 11.5 Å². The van der Waals surface area contributed by atoms with Gasteiger partial charge in [0.2, 0.25) is 0 Å². The largest absolute Gasteiger partial charge is 0.339 e. The van der Waals surface area contributed by atoms with Crippen LogP contribution < -0.4 is 32.7 Å². The number of benzene rings is 3. The number of nitrogens with two attached hydrogens (primary N) is 2. The van der Waals surface area contributed by atoms with E-state index in [0.717, 1.165) is 46.8 Å². The zero-order valence-electron chi connectivity index (χ0n) is 39.0. The van der Waals surface area contributed by atoms with Gasteiger partial charge in [0.25, 0.3) is 11.8 Å². The number of Topliss-reactive ketones (excluding diaryl/α,β-unsaturated/α-hetero) is 2. The molecule has 4 fully saturated rings. The summed E-state index contributed by atoms with van der Waals surface area (Å²) in [6, 6.07) is 20.7. The normalized spacial score (nSPS) is 20.6. The lowest BCUT2D eigenvalue weighted by atomic mass is 9.73. The number of ketones is 2. The molecule has 14 nitrogen and oxygen atoms in total. The van der Waals surface area contributed by atoms with Gasteiger partial charge in [-0.3, -0.25) is 19.2 Å². The van der Waals surface area contributed by atoms with Gasteiger partial charge in [0.15, 0.2) is 11.6 Å². The second-order valence-electron chi connectivity index (χ2n) is 18.6. The Morgan fingerprint density at radius 2 is 1.38 bits per heavy atom. The Morgan fingerprint density at radius 3 is 1.99 bits per heavy atom. The summed E-state index contributed by atoms with van der Waals surface area (Å²) in [7, 11) is 0. The topological polar surface area (TPSA) is 209 Å². The summed E-state index contributed by atoms with van der Waals surface area (Å²) in [5.74, 6) is 1.06.